The van der Waals surface area contributed by atoms with Gasteiger partial charge < -0.3 is 15.6 Å². The molecule has 3 N–H and O–H groups in total. The first-order valence-electron chi connectivity index (χ1n) is 4.91. The Bertz CT molecular complexity index is 135. The van der Waals surface area contributed by atoms with Crippen LogP contribution in [0.5, 0.6) is 0 Å². The van der Waals surface area contributed by atoms with Crippen molar-refractivity contribution in [1.29, 1.82) is 0 Å². The smallest absolute Gasteiger partial charge is 0.0973 e. The first kappa shape index (κ1) is 12.9. The third kappa shape index (κ3) is 6.99. The molecule has 0 radical (unpaired) electrons. The van der Waals surface area contributed by atoms with Crippen molar-refractivity contribution in [1.82, 2.24) is 0 Å². The molecular weight excluding hydrogens is 166 g/mol. The van der Waals surface area contributed by atoms with Gasteiger partial charge in [0, 0.05) is 6.54 Å². The highest BCUT2D eigenvalue weighted by molar-refractivity contribution is 4.72. The number of aliphatic hydroxyl groups is 1. The van der Waals surface area contributed by atoms with Crippen molar-refractivity contribution >= 4 is 0 Å². The van der Waals surface area contributed by atoms with Crippen LogP contribution in [-0.4, -0.2) is 30.0 Å². The van der Waals surface area contributed by atoms with Gasteiger partial charge in [0.2, 0.25) is 0 Å². The Hall–Kier alpha value is -0.120. The van der Waals surface area contributed by atoms with Crippen molar-refractivity contribution < 1.29 is 9.84 Å². The molecule has 0 aromatic carbocycles. The van der Waals surface area contributed by atoms with Crippen LogP contribution >= 0.6 is 0 Å². The van der Waals surface area contributed by atoms with Crippen LogP contribution in [-0.2, 0) is 4.74 Å². The van der Waals surface area contributed by atoms with E-state index in [2.05, 4.69) is 13.8 Å². The second kappa shape index (κ2) is 5.58. The third-order valence-corrected chi connectivity index (χ3v) is 1.92. The van der Waals surface area contributed by atoms with E-state index in [1.54, 1.807) is 6.92 Å². The van der Waals surface area contributed by atoms with E-state index in [0.717, 1.165) is 6.42 Å². The lowest BCUT2D eigenvalue weighted by Crippen LogP contribution is -2.40. The lowest BCUT2D eigenvalue weighted by molar-refractivity contribution is -0.0572. The second-order valence-corrected chi connectivity index (χ2v) is 4.45. The topological polar surface area (TPSA) is 55.5 Å². The Kier molecular flexibility index (Phi) is 5.53. The summed E-state index contributed by atoms with van der Waals surface area (Å²) in [5, 5.41) is 9.56. The molecule has 3 nitrogen and oxygen atoms in total. The second-order valence-electron chi connectivity index (χ2n) is 4.45. The molecule has 0 heterocycles. The number of rotatable bonds is 6. The molecule has 2 unspecified atom stereocenters. The molecule has 0 saturated carbocycles. The summed E-state index contributed by atoms with van der Waals surface area (Å²) >= 11 is 0. The van der Waals surface area contributed by atoms with Crippen molar-refractivity contribution in [2.24, 2.45) is 11.7 Å². The van der Waals surface area contributed by atoms with Crippen LogP contribution < -0.4 is 5.73 Å². The normalized spacial score (nSPS) is 18.7. The van der Waals surface area contributed by atoms with E-state index in [0.29, 0.717) is 12.5 Å². The summed E-state index contributed by atoms with van der Waals surface area (Å²) < 4.78 is 5.48. The summed E-state index contributed by atoms with van der Waals surface area (Å²) in [6.07, 6.45) is 1.21. The Labute approximate surface area is 81.3 Å². The molecule has 0 amide bonds. The minimum Gasteiger partial charge on any atom is -0.386 e. The van der Waals surface area contributed by atoms with Crippen LogP contribution in [0.1, 0.15) is 34.1 Å². The average Bonchev–Trinajstić information content (AvgIpc) is 2.00. The fourth-order valence-corrected chi connectivity index (χ4v) is 1.11. The van der Waals surface area contributed by atoms with Gasteiger partial charge in [0.15, 0.2) is 0 Å². The zero-order valence-electron chi connectivity index (χ0n) is 9.21. The van der Waals surface area contributed by atoms with E-state index in [1.165, 1.54) is 0 Å². The highest BCUT2D eigenvalue weighted by Gasteiger charge is 2.19. The average molecular weight is 189 g/mol. The summed E-state index contributed by atoms with van der Waals surface area (Å²) in [7, 11) is 0. The molecule has 0 spiro atoms. The maximum Gasteiger partial charge on any atom is 0.0973 e. The summed E-state index contributed by atoms with van der Waals surface area (Å²) in [6, 6.07) is 0. The summed E-state index contributed by atoms with van der Waals surface area (Å²) in [4.78, 5) is 0. The van der Waals surface area contributed by atoms with E-state index in [9.17, 15) is 5.11 Å². The quantitative estimate of drug-likeness (QED) is 0.659. The minimum absolute atomic E-state index is 0.193. The van der Waals surface area contributed by atoms with Gasteiger partial charge in [-0.3, -0.25) is 0 Å². The fraction of sp³-hybridized carbons (Fsp3) is 1.00. The van der Waals surface area contributed by atoms with Gasteiger partial charge >= 0.3 is 0 Å². The van der Waals surface area contributed by atoms with Gasteiger partial charge in [-0.05, 0) is 26.2 Å². The van der Waals surface area contributed by atoms with Crippen molar-refractivity contribution in [3.63, 3.8) is 0 Å². The highest BCUT2D eigenvalue weighted by Crippen LogP contribution is 2.10. The first-order valence-corrected chi connectivity index (χ1v) is 4.91. The molecule has 0 saturated heterocycles. The van der Waals surface area contributed by atoms with Crippen LogP contribution in [0.3, 0.4) is 0 Å². The Morgan fingerprint density at radius 1 is 1.38 bits per heavy atom. The molecule has 0 aliphatic heterocycles. The number of hydrogen-bond donors (Lipinski definition) is 2. The van der Waals surface area contributed by atoms with Gasteiger partial charge in [-0.2, -0.15) is 0 Å². The predicted molar refractivity (Wildman–Crippen MR) is 54.5 cm³/mol. The van der Waals surface area contributed by atoms with Gasteiger partial charge in [0.1, 0.15) is 0 Å². The van der Waals surface area contributed by atoms with E-state index in [1.807, 2.05) is 6.92 Å². The van der Waals surface area contributed by atoms with E-state index in [-0.39, 0.29) is 12.6 Å². The number of hydrogen-bond acceptors (Lipinski definition) is 3. The molecule has 0 fully saturated rings. The molecule has 0 aromatic heterocycles. The minimum atomic E-state index is -0.884. The molecule has 0 aromatic rings. The third-order valence-electron chi connectivity index (χ3n) is 1.92. The molecular formula is C10H23NO2. The maximum atomic E-state index is 9.56. The van der Waals surface area contributed by atoms with Crippen LogP contribution in [0.4, 0.5) is 0 Å². The summed E-state index contributed by atoms with van der Waals surface area (Å²) in [5.74, 6) is 0.623. The lowest BCUT2D eigenvalue weighted by Gasteiger charge is -2.24. The fourth-order valence-electron chi connectivity index (χ4n) is 1.11. The Morgan fingerprint density at radius 2 is 1.92 bits per heavy atom. The molecule has 80 valence electrons. The summed E-state index contributed by atoms with van der Waals surface area (Å²) in [5.41, 5.74) is 4.48. The lowest BCUT2D eigenvalue weighted by atomic mass is 10.1. The van der Waals surface area contributed by atoms with Crippen molar-refractivity contribution in [3.05, 3.63) is 0 Å². The molecule has 2 atom stereocenters. The van der Waals surface area contributed by atoms with Crippen molar-refractivity contribution in [2.45, 2.75) is 45.8 Å². The van der Waals surface area contributed by atoms with Gasteiger partial charge in [-0.15, -0.1) is 0 Å². The Morgan fingerprint density at radius 3 is 2.31 bits per heavy atom. The van der Waals surface area contributed by atoms with E-state index >= 15 is 0 Å². The SMILES string of the molecule is CC(C)CC(C)OCC(C)(O)CN. The summed E-state index contributed by atoms with van der Waals surface area (Å²) in [6.45, 7) is 8.57. The standard InChI is InChI=1S/C10H23NO2/c1-8(2)5-9(3)13-7-10(4,12)6-11/h8-9,12H,5-7,11H2,1-4H3. The zero-order valence-corrected chi connectivity index (χ0v) is 9.21. The molecule has 0 aliphatic carbocycles. The van der Waals surface area contributed by atoms with E-state index < -0.39 is 5.60 Å². The van der Waals surface area contributed by atoms with E-state index in [4.69, 9.17) is 10.5 Å². The van der Waals surface area contributed by atoms with Gasteiger partial charge in [-0.1, -0.05) is 13.8 Å². The monoisotopic (exact) mass is 189 g/mol. The molecule has 3 heteroatoms. The predicted octanol–water partition coefficient (Wildman–Crippen LogP) is 1.15. The molecule has 0 bridgehead atoms. The van der Waals surface area contributed by atoms with Crippen LogP contribution in [0, 0.1) is 5.92 Å². The van der Waals surface area contributed by atoms with Gasteiger partial charge in [-0.25, -0.2) is 0 Å². The zero-order chi connectivity index (χ0) is 10.5. The number of nitrogens with two attached hydrogens (primary N) is 1. The molecule has 0 rings (SSSR count). The highest BCUT2D eigenvalue weighted by atomic mass is 16.5. The molecule has 0 aliphatic rings. The van der Waals surface area contributed by atoms with Crippen molar-refractivity contribution in [2.75, 3.05) is 13.2 Å². The van der Waals surface area contributed by atoms with Gasteiger partial charge in [0.25, 0.3) is 0 Å². The van der Waals surface area contributed by atoms with Crippen molar-refractivity contribution in [3.8, 4) is 0 Å². The maximum absolute atomic E-state index is 9.56. The molecule has 13 heavy (non-hydrogen) atoms. The van der Waals surface area contributed by atoms with Gasteiger partial charge in [0.05, 0.1) is 18.3 Å². The largest absolute Gasteiger partial charge is 0.386 e. The first-order chi connectivity index (χ1) is 5.87. The number of ether oxygens (including phenoxy) is 1. The van der Waals surface area contributed by atoms with Crippen LogP contribution in [0.15, 0.2) is 0 Å². The Balaban J connectivity index is 3.63. The van der Waals surface area contributed by atoms with Crippen LogP contribution in [0.2, 0.25) is 0 Å². The van der Waals surface area contributed by atoms with Crippen LogP contribution in [0.25, 0.3) is 0 Å².